The Balaban J connectivity index is 2.57. The van der Waals surface area contributed by atoms with Gasteiger partial charge in [-0.05, 0) is 56.5 Å². The fourth-order valence-electron chi connectivity index (χ4n) is 1.53. The molecular formula is C11H7Br2NO2. The van der Waals surface area contributed by atoms with Gasteiger partial charge >= 0.3 is 0 Å². The third-order valence-electron chi connectivity index (χ3n) is 2.19. The molecule has 0 aliphatic carbocycles. The molecule has 2 amide bonds. The first-order valence-corrected chi connectivity index (χ1v) is 6.11. The lowest BCUT2D eigenvalue weighted by Gasteiger charge is -2.18. The molecule has 1 aliphatic heterocycles. The quantitative estimate of drug-likeness (QED) is 0.734. The van der Waals surface area contributed by atoms with Crippen LogP contribution in [0.4, 0.5) is 5.69 Å². The number of rotatable bonds is 1. The SMILES string of the molecule is Cc1cc(Br)c(N2C(=O)C=CC2=O)c(Br)c1. The molecule has 0 bridgehead atoms. The minimum absolute atomic E-state index is 0.324. The molecular weight excluding hydrogens is 338 g/mol. The lowest BCUT2D eigenvalue weighted by molar-refractivity contribution is -0.120. The third kappa shape index (κ3) is 1.85. The Hall–Kier alpha value is -0.940. The number of nitrogens with zero attached hydrogens (tertiary/aromatic N) is 1. The fourth-order valence-corrected chi connectivity index (χ4v) is 3.30. The van der Waals surface area contributed by atoms with Crippen molar-refractivity contribution >= 4 is 49.4 Å². The maximum absolute atomic E-state index is 11.6. The molecule has 0 spiro atoms. The average molecular weight is 345 g/mol. The maximum Gasteiger partial charge on any atom is 0.258 e. The Morgan fingerprint density at radius 2 is 1.44 bits per heavy atom. The molecule has 1 aromatic carbocycles. The van der Waals surface area contributed by atoms with Gasteiger partial charge in [-0.1, -0.05) is 0 Å². The van der Waals surface area contributed by atoms with E-state index in [0.717, 1.165) is 10.5 Å². The van der Waals surface area contributed by atoms with Crippen LogP contribution in [0.3, 0.4) is 0 Å². The minimum Gasteiger partial charge on any atom is -0.269 e. The van der Waals surface area contributed by atoms with Crippen LogP contribution in [0.5, 0.6) is 0 Å². The van der Waals surface area contributed by atoms with Crippen molar-refractivity contribution in [2.24, 2.45) is 0 Å². The van der Waals surface area contributed by atoms with Gasteiger partial charge in [0.15, 0.2) is 0 Å². The van der Waals surface area contributed by atoms with E-state index in [2.05, 4.69) is 31.9 Å². The molecule has 1 aliphatic rings. The van der Waals surface area contributed by atoms with Crippen molar-refractivity contribution in [3.63, 3.8) is 0 Å². The maximum atomic E-state index is 11.6. The number of amides is 2. The van der Waals surface area contributed by atoms with Crippen molar-refractivity contribution in [2.75, 3.05) is 4.90 Å². The number of benzene rings is 1. The smallest absolute Gasteiger partial charge is 0.258 e. The Labute approximate surface area is 109 Å². The number of aryl methyl sites for hydroxylation is 1. The zero-order valence-electron chi connectivity index (χ0n) is 8.33. The van der Waals surface area contributed by atoms with E-state index in [0.29, 0.717) is 14.6 Å². The third-order valence-corrected chi connectivity index (χ3v) is 3.40. The summed E-state index contributed by atoms with van der Waals surface area (Å²) in [5.74, 6) is -0.648. The van der Waals surface area contributed by atoms with Crippen LogP contribution in [-0.4, -0.2) is 11.8 Å². The van der Waals surface area contributed by atoms with Crippen LogP contribution in [0.1, 0.15) is 5.56 Å². The highest BCUT2D eigenvalue weighted by Crippen LogP contribution is 2.36. The van der Waals surface area contributed by atoms with Crippen LogP contribution < -0.4 is 4.90 Å². The Morgan fingerprint density at radius 3 is 1.88 bits per heavy atom. The highest BCUT2D eigenvalue weighted by molar-refractivity contribution is 9.11. The second kappa shape index (κ2) is 4.14. The zero-order chi connectivity index (χ0) is 11.9. The highest BCUT2D eigenvalue weighted by Gasteiger charge is 2.28. The van der Waals surface area contributed by atoms with E-state index in [4.69, 9.17) is 0 Å². The molecule has 0 saturated carbocycles. The van der Waals surface area contributed by atoms with Crippen molar-refractivity contribution in [1.82, 2.24) is 0 Å². The Bertz CT molecular complexity index is 482. The molecule has 1 heterocycles. The molecule has 0 radical (unpaired) electrons. The Morgan fingerprint density at radius 1 is 1.00 bits per heavy atom. The van der Waals surface area contributed by atoms with Crippen LogP contribution in [0.25, 0.3) is 0 Å². The van der Waals surface area contributed by atoms with Crippen molar-refractivity contribution in [1.29, 1.82) is 0 Å². The second-order valence-corrected chi connectivity index (χ2v) is 5.13. The van der Waals surface area contributed by atoms with E-state index in [1.165, 1.54) is 12.2 Å². The van der Waals surface area contributed by atoms with Gasteiger partial charge in [-0.3, -0.25) is 9.59 Å². The fraction of sp³-hybridized carbons (Fsp3) is 0.0909. The lowest BCUT2D eigenvalue weighted by Crippen LogP contribution is -2.30. The summed E-state index contributed by atoms with van der Waals surface area (Å²) in [5, 5.41) is 0. The standard InChI is InChI=1S/C11H7Br2NO2/c1-6-4-7(12)11(8(13)5-6)14-9(15)2-3-10(14)16/h2-5H,1H3. The van der Waals surface area contributed by atoms with Crippen LogP contribution in [0.2, 0.25) is 0 Å². The van der Waals surface area contributed by atoms with Crippen LogP contribution >= 0.6 is 31.9 Å². The van der Waals surface area contributed by atoms with Gasteiger partial charge in [0.25, 0.3) is 11.8 Å². The van der Waals surface area contributed by atoms with Gasteiger partial charge < -0.3 is 0 Å². The summed E-state index contributed by atoms with van der Waals surface area (Å²) in [6.07, 6.45) is 2.53. The van der Waals surface area contributed by atoms with E-state index in [1.54, 1.807) is 0 Å². The lowest BCUT2D eigenvalue weighted by atomic mass is 10.2. The molecule has 1 aromatic rings. The predicted octanol–water partition coefficient (Wildman–Crippen LogP) is 2.95. The van der Waals surface area contributed by atoms with Gasteiger partial charge in [-0.25, -0.2) is 4.90 Å². The molecule has 0 saturated heterocycles. The van der Waals surface area contributed by atoms with Crippen molar-refractivity contribution in [3.05, 3.63) is 38.8 Å². The number of imide groups is 1. The largest absolute Gasteiger partial charge is 0.269 e. The molecule has 0 atom stereocenters. The van der Waals surface area contributed by atoms with Crippen LogP contribution in [-0.2, 0) is 9.59 Å². The molecule has 2 rings (SSSR count). The van der Waals surface area contributed by atoms with Gasteiger partial charge in [-0.15, -0.1) is 0 Å². The zero-order valence-corrected chi connectivity index (χ0v) is 11.5. The van der Waals surface area contributed by atoms with Crippen LogP contribution in [0.15, 0.2) is 33.2 Å². The van der Waals surface area contributed by atoms with Gasteiger partial charge in [-0.2, -0.15) is 0 Å². The summed E-state index contributed by atoms with van der Waals surface area (Å²) in [4.78, 5) is 24.2. The number of anilines is 1. The highest BCUT2D eigenvalue weighted by atomic mass is 79.9. The molecule has 0 unspecified atom stereocenters. The summed E-state index contributed by atoms with van der Waals surface area (Å²) in [6.45, 7) is 1.94. The summed E-state index contributed by atoms with van der Waals surface area (Å²) in [6, 6.07) is 3.72. The predicted molar refractivity (Wildman–Crippen MR) is 68.2 cm³/mol. The van der Waals surface area contributed by atoms with E-state index >= 15 is 0 Å². The number of hydrogen-bond acceptors (Lipinski definition) is 2. The van der Waals surface area contributed by atoms with Gasteiger partial charge in [0.2, 0.25) is 0 Å². The molecule has 0 aromatic heterocycles. The van der Waals surface area contributed by atoms with Gasteiger partial charge in [0.05, 0.1) is 5.69 Å². The second-order valence-electron chi connectivity index (χ2n) is 3.42. The molecule has 5 heteroatoms. The number of halogens is 2. The monoisotopic (exact) mass is 343 g/mol. The number of carbonyl (C=O) groups is 2. The van der Waals surface area contributed by atoms with Crippen molar-refractivity contribution < 1.29 is 9.59 Å². The topological polar surface area (TPSA) is 37.4 Å². The van der Waals surface area contributed by atoms with Crippen molar-refractivity contribution in [3.8, 4) is 0 Å². The normalized spacial score (nSPS) is 15.1. The first kappa shape index (κ1) is 11.5. The molecule has 3 nitrogen and oxygen atoms in total. The summed E-state index contributed by atoms with van der Waals surface area (Å²) < 4.78 is 1.43. The molecule has 82 valence electrons. The van der Waals surface area contributed by atoms with Gasteiger partial charge in [0, 0.05) is 21.1 Å². The molecule has 0 N–H and O–H groups in total. The van der Waals surface area contributed by atoms with E-state index < -0.39 is 0 Å². The number of carbonyl (C=O) groups excluding carboxylic acids is 2. The number of hydrogen-bond donors (Lipinski definition) is 0. The average Bonchev–Trinajstić information content (AvgIpc) is 2.47. The minimum atomic E-state index is -0.324. The van der Waals surface area contributed by atoms with Gasteiger partial charge in [0.1, 0.15) is 0 Å². The van der Waals surface area contributed by atoms with Crippen LogP contribution in [0, 0.1) is 6.92 Å². The summed E-state index contributed by atoms with van der Waals surface area (Å²) in [5.41, 5.74) is 1.58. The summed E-state index contributed by atoms with van der Waals surface area (Å²) in [7, 11) is 0. The van der Waals surface area contributed by atoms with E-state index in [9.17, 15) is 9.59 Å². The summed E-state index contributed by atoms with van der Waals surface area (Å²) >= 11 is 6.72. The van der Waals surface area contributed by atoms with Crippen molar-refractivity contribution in [2.45, 2.75) is 6.92 Å². The molecule has 0 fully saturated rings. The first-order valence-electron chi connectivity index (χ1n) is 4.52. The first-order chi connectivity index (χ1) is 7.50. The molecule has 16 heavy (non-hydrogen) atoms. The Kier molecular flexibility index (Phi) is 2.99. The van der Waals surface area contributed by atoms with E-state index in [1.807, 2.05) is 19.1 Å². The van der Waals surface area contributed by atoms with E-state index in [-0.39, 0.29) is 11.8 Å².